The highest BCUT2D eigenvalue weighted by Crippen LogP contribution is 2.20. The van der Waals surface area contributed by atoms with Crippen LogP contribution in [-0.2, 0) is 23.0 Å². The van der Waals surface area contributed by atoms with Gasteiger partial charge in [-0.15, -0.1) is 0 Å². The summed E-state index contributed by atoms with van der Waals surface area (Å²) >= 11 is 0. The van der Waals surface area contributed by atoms with E-state index >= 15 is 0 Å². The molecule has 3 atom stereocenters. The molecule has 236 valence electrons. The Morgan fingerprint density at radius 2 is 1.42 bits per heavy atom. The van der Waals surface area contributed by atoms with E-state index in [4.69, 9.17) is 0 Å². The highest BCUT2D eigenvalue weighted by Gasteiger charge is 2.24. The molecule has 4 rings (SSSR count). The molecule has 5 N–H and O–H groups in total. The lowest BCUT2D eigenvalue weighted by molar-refractivity contribution is 0.0830. The summed E-state index contributed by atoms with van der Waals surface area (Å²) < 4.78 is 27.3. The van der Waals surface area contributed by atoms with E-state index in [2.05, 4.69) is 25.7 Å². The maximum Gasteiger partial charge on any atom is 0.251 e. The fraction of sp³-hybridized carbons (Fsp3) is 0.265. The van der Waals surface area contributed by atoms with Crippen molar-refractivity contribution in [1.82, 2.24) is 20.9 Å². The number of aromatic nitrogens is 1. The van der Waals surface area contributed by atoms with Crippen LogP contribution in [0.2, 0.25) is 0 Å². The molecule has 3 aromatic carbocycles. The van der Waals surface area contributed by atoms with Gasteiger partial charge in [0.25, 0.3) is 11.8 Å². The van der Waals surface area contributed by atoms with Gasteiger partial charge >= 0.3 is 0 Å². The number of carbonyl (C=O) groups is 2. The second-order valence-electron chi connectivity index (χ2n) is 10.7. The molecular formula is C34H39N5O5S. The van der Waals surface area contributed by atoms with Crippen LogP contribution in [0, 0.1) is 0 Å². The molecular weight excluding hydrogens is 590 g/mol. The highest BCUT2D eigenvalue weighted by molar-refractivity contribution is 7.92. The predicted molar refractivity (Wildman–Crippen MR) is 175 cm³/mol. The summed E-state index contributed by atoms with van der Waals surface area (Å²) in [6.45, 7) is 4.03. The van der Waals surface area contributed by atoms with E-state index in [1.165, 1.54) is 25.1 Å². The molecule has 1 aromatic heterocycles. The van der Waals surface area contributed by atoms with Crippen molar-refractivity contribution in [2.24, 2.45) is 0 Å². The van der Waals surface area contributed by atoms with Crippen LogP contribution < -0.4 is 20.7 Å². The predicted octanol–water partition coefficient (Wildman–Crippen LogP) is 3.83. The molecule has 11 heteroatoms. The average Bonchev–Trinajstić information content (AvgIpc) is 3.05. The number of aliphatic hydroxyl groups excluding tert-OH is 1. The van der Waals surface area contributed by atoms with E-state index in [0.29, 0.717) is 13.0 Å². The lowest BCUT2D eigenvalue weighted by Crippen LogP contribution is -2.48. The van der Waals surface area contributed by atoms with Crippen LogP contribution in [0.25, 0.3) is 0 Å². The van der Waals surface area contributed by atoms with Gasteiger partial charge in [-0.3, -0.25) is 19.3 Å². The first-order chi connectivity index (χ1) is 21.6. The quantitative estimate of drug-likeness (QED) is 0.134. The van der Waals surface area contributed by atoms with Crippen molar-refractivity contribution in [3.63, 3.8) is 0 Å². The van der Waals surface area contributed by atoms with Crippen LogP contribution in [0.15, 0.2) is 103 Å². The van der Waals surface area contributed by atoms with Gasteiger partial charge in [0.05, 0.1) is 29.6 Å². The van der Waals surface area contributed by atoms with Crippen LogP contribution in [-0.4, -0.2) is 54.8 Å². The second-order valence-corrected chi connectivity index (χ2v) is 12.7. The minimum atomic E-state index is -3.70. The number of nitrogens with one attached hydrogen (secondary N) is 4. The number of hydrogen-bond acceptors (Lipinski definition) is 7. The summed E-state index contributed by atoms with van der Waals surface area (Å²) in [5.74, 6) is -1.22. The van der Waals surface area contributed by atoms with Gasteiger partial charge in [0.2, 0.25) is 10.0 Å². The highest BCUT2D eigenvalue weighted by atomic mass is 32.2. The molecule has 0 fully saturated rings. The summed E-state index contributed by atoms with van der Waals surface area (Å²) in [5, 5.41) is 20.2. The minimum Gasteiger partial charge on any atom is -0.390 e. The Hall–Kier alpha value is -4.58. The summed E-state index contributed by atoms with van der Waals surface area (Å²) in [4.78, 5) is 31.0. The molecule has 10 nitrogen and oxygen atoms in total. The van der Waals surface area contributed by atoms with Crippen molar-refractivity contribution in [2.45, 2.75) is 45.0 Å². The Kier molecular flexibility index (Phi) is 11.8. The van der Waals surface area contributed by atoms with Gasteiger partial charge in [-0.25, -0.2) is 8.42 Å². The van der Waals surface area contributed by atoms with Gasteiger partial charge in [0, 0.05) is 36.6 Å². The Morgan fingerprint density at radius 3 is 2.04 bits per heavy atom. The Labute approximate surface area is 264 Å². The summed E-state index contributed by atoms with van der Waals surface area (Å²) in [7, 11) is -3.70. The number of carbonyl (C=O) groups excluding carboxylic acids is 2. The molecule has 0 aliphatic rings. The Balaban J connectivity index is 1.57. The van der Waals surface area contributed by atoms with E-state index in [1.807, 2.05) is 79.7 Å². The van der Waals surface area contributed by atoms with E-state index in [0.717, 1.165) is 16.7 Å². The number of nitrogens with zero attached hydrogens (tertiary/aromatic N) is 1. The zero-order chi connectivity index (χ0) is 32.2. The van der Waals surface area contributed by atoms with Crippen molar-refractivity contribution >= 4 is 27.5 Å². The van der Waals surface area contributed by atoms with E-state index < -0.39 is 34.0 Å². The maximum atomic E-state index is 13.7. The van der Waals surface area contributed by atoms with Crippen molar-refractivity contribution in [1.29, 1.82) is 0 Å². The topological polar surface area (TPSA) is 150 Å². The molecule has 4 aromatic rings. The summed E-state index contributed by atoms with van der Waals surface area (Å²) in [6, 6.07) is 25.8. The molecule has 0 bridgehead atoms. The number of amides is 2. The van der Waals surface area contributed by atoms with Crippen molar-refractivity contribution in [3.8, 4) is 0 Å². The summed E-state index contributed by atoms with van der Waals surface area (Å²) in [6.07, 6.45) is 2.76. The summed E-state index contributed by atoms with van der Waals surface area (Å²) in [5.41, 5.74) is 3.07. The second kappa shape index (κ2) is 15.9. The first-order valence-corrected chi connectivity index (χ1v) is 16.4. The standard InChI is InChI=1S/C34H39N5O5S/c1-3-45(43,44)39-30-20-28(33(41)37-24(2)27-12-8-5-9-13-27)19-29(21-30)34(42)38-31(18-25-10-6-4-7-11-25)32(40)23-36-22-26-14-16-35-17-15-26/h4-17,19-21,24,31-32,36,39-40H,3,18,22-23H2,1-2H3,(H,37,41)(H,38,42)/t24-,31+,32-/m1/s1. The molecule has 0 aliphatic carbocycles. The van der Waals surface area contributed by atoms with Crippen LogP contribution >= 0.6 is 0 Å². The smallest absolute Gasteiger partial charge is 0.251 e. The first kappa shape index (κ1) is 33.3. The zero-order valence-electron chi connectivity index (χ0n) is 25.3. The molecule has 0 unspecified atom stereocenters. The molecule has 0 saturated carbocycles. The number of aliphatic hydroxyl groups is 1. The van der Waals surface area contributed by atoms with Gasteiger partial charge in [0.15, 0.2) is 0 Å². The number of pyridine rings is 1. The Bertz CT molecular complexity index is 1650. The normalized spacial score (nSPS) is 13.3. The molecule has 0 saturated heterocycles. The number of anilines is 1. The van der Waals surface area contributed by atoms with Crippen LogP contribution in [0.5, 0.6) is 0 Å². The molecule has 0 spiro atoms. The third kappa shape index (κ3) is 10.2. The Morgan fingerprint density at radius 1 is 0.822 bits per heavy atom. The minimum absolute atomic E-state index is 0.0684. The lowest BCUT2D eigenvalue weighted by Gasteiger charge is -2.25. The molecule has 1 heterocycles. The lowest BCUT2D eigenvalue weighted by atomic mass is 10.00. The third-order valence-corrected chi connectivity index (χ3v) is 8.58. The van der Waals surface area contributed by atoms with Crippen molar-refractivity contribution < 1.29 is 23.1 Å². The molecule has 45 heavy (non-hydrogen) atoms. The molecule has 0 aliphatic heterocycles. The van der Waals surface area contributed by atoms with Gasteiger partial charge in [-0.05, 0) is 67.3 Å². The van der Waals surface area contributed by atoms with E-state index in [9.17, 15) is 23.1 Å². The maximum absolute atomic E-state index is 13.7. The van der Waals surface area contributed by atoms with Crippen molar-refractivity contribution in [3.05, 3.63) is 131 Å². The van der Waals surface area contributed by atoms with Gasteiger partial charge in [-0.1, -0.05) is 60.7 Å². The fourth-order valence-corrected chi connectivity index (χ4v) is 5.34. The SMILES string of the molecule is CCS(=O)(=O)Nc1cc(C(=O)N[C@@H](Cc2ccccc2)[C@H](O)CNCc2ccncc2)cc(C(=O)N[C@H](C)c2ccccc2)c1. The third-order valence-electron chi connectivity index (χ3n) is 7.27. The van der Waals surface area contributed by atoms with Gasteiger partial charge in [-0.2, -0.15) is 0 Å². The number of hydrogen-bond donors (Lipinski definition) is 5. The van der Waals surface area contributed by atoms with E-state index in [-0.39, 0.29) is 35.2 Å². The van der Waals surface area contributed by atoms with Crippen molar-refractivity contribution in [2.75, 3.05) is 17.0 Å². The zero-order valence-corrected chi connectivity index (χ0v) is 26.1. The first-order valence-electron chi connectivity index (χ1n) is 14.8. The average molecular weight is 630 g/mol. The van der Waals surface area contributed by atoms with Crippen LogP contribution in [0.1, 0.15) is 57.3 Å². The molecule has 0 radical (unpaired) electrons. The number of rotatable bonds is 15. The monoisotopic (exact) mass is 629 g/mol. The van der Waals surface area contributed by atoms with Crippen LogP contribution in [0.3, 0.4) is 0 Å². The van der Waals surface area contributed by atoms with Crippen LogP contribution in [0.4, 0.5) is 5.69 Å². The van der Waals surface area contributed by atoms with Gasteiger partial charge < -0.3 is 21.1 Å². The number of sulfonamides is 1. The number of benzene rings is 3. The molecule has 2 amide bonds. The van der Waals surface area contributed by atoms with Gasteiger partial charge in [0.1, 0.15) is 0 Å². The van der Waals surface area contributed by atoms with E-state index in [1.54, 1.807) is 12.4 Å². The largest absolute Gasteiger partial charge is 0.390 e. The fourth-order valence-electron chi connectivity index (χ4n) is 4.72.